The SMILES string of the molecule is CC[C@H]1OCCC[C@H]1C(=O)N1CCN(c2nccc(OC)n2)CC1. The lowest BCUT2D eigenvalue weighted by molar-refractivity contribution is -0.145. The minimum absolute atomic E-state index is 0.0170. The van der Waals surface area contributed by atoms with Gasteiger partial charge in [-0.2, -0.15) is 4.98 Å². The van der Waals surface area contributed by atoms with Gasteiger partial charge in [-0.15, -0.1) is 0 Å². The van der Waals surface area contributed by atoms with Crippen LogP contribution in [0, 0.1) is 5.92 Å². The molecule has 7 heteroatoms. The van der Waals surface area contributed by atoms with Gasteiger partial charge in [-0.1, -0.05) is 6.92 Å². The molecule has 0 saturated carbocycles. The lowest BCUT2D eigenvalue weighted by Crippen LogP contribution is -2.53. The van der Waals surface area contributed by atoms with E-state index in [1.54, 1.807) is 19.4 Å². The highest BCUT2D eigenvalue weighted by Crippen LogP contribution is 2.26. The van der Waals surface area contributed by atoms with E-state index in [2.05, 4.69) is 21.8 Å². The van der Waals surface area contributed by atoms with Crippen molar-refractivity contribution >= 4 is 11.9 Å². The largest absolute Gasteiger partial charge is 0.481 e. The Morgan fingerprint density at radius 1 is 1.38 bits per heavy atom. The number of methoxy groups -OCH3 is 1. The van der Waals surface area contributed by atoms with Gasteiger partial charge in [0.05, 0.1) is 19.1 Å². The van der Waals surface area contributed by atoms with Gasteiger partial charge in [-0.25, -0.2) is 4.98 Å². The maximum atomic E-state index is 12.8. The molecule has 3 rings (SSSR count). The van der Waals surface area contributed by atoms with Crippen LogP contribution in [0.2, 0.25) is 0 Å². The zero-order chi connectivity index (χ0) is 16.9. The monoisotopic (exact) mass is 334 g/mol. The van der Waals surface area contributed by atoms with E-state index in [1.807, 2.05) is 4.90 Å². The van der Waals surface area contributed by atoms with E-state index < -0.39 is 0 Å². The summed E-state index contributed by atoms with van der Waals surface area (Å²) in [4.78, 5) is 25.6. The molecular weight excluding hydrogens is 308 g/mol. The molecule has 0 bridgehead atoms. The third-order valence-corrected chi connectivity index (χ3v) is 4.86. The maximum Gasteiger partial charge on any atom is 0.228 e. The topological polar surface area (TPSA) is 67.8 Å². The number of carbonyl (C=O) groups is 1. The summed E-state index contributed by atoms with van der Waals surface area (Å²) in [5.41, 5.74) is 0. The van der Waals surface area contributed by atoms with Crippen LogP contribution in [0.3, 0.4) is 0 Å². The van der Waals surface area contributed by atoms with Crippen LogP contribution in [0.15, 0.2) is 12.3 Å². The molecule has 24 heavy (non-hydrogen) atoms. The lowest BCUT2D eigenvalue weighted by atomic mass is 9.91. The summed E-state index contributed by atoms with van der Waals surface area (Å²) in [6.07, 6.45) is 4.59. The molecule has 0 aromatic carbocycles. The van der Waals surface area contributed by atoms with Crippen molar-refractivity contribution in [2.24, 2.45) is 5.92 Å². The summed E-state index contributed by atoms with van der Waals surface area (Å²) in [5, 5.41) is 0. The number of piperazine rings is 1. The van der Waals surface area contributed by atoms with Gasteiger partial charge >= 0.3 is 0 Å². The van der Waals surface area contributed by atoms with E-state index in [1.165, 1.54) is 0 Å². The summed E-state index contributed by atoms with van der Waals surface area (Å²) < 4.78 is 10.9. The number of anilines is 1. The Balaban J connectivity index is 1.59. The molecule has 0 N–H and O–H groups in total. The number of rotatable bonds is 4. The van der Waals surface area contributed by atoms with Crippen molar-refractivity contribution in [1.82, 2.24) is 14.9 Å². The number of amides is 1. The van der Waals surface area contributed by atoms with Crippen LogP contribution in [-0.2, 0) is 9.53 Å². The Hall–Kier alpha value is -1.89. The van der Waals surface area contributed by atoms with Gasteiger partial charge < -0.3 is 19.3 Å². The molecular formula is C17H26N4O3. The predicted octanol–water partition coefficient (Wildman–Crippen LogP) is 1.34. The molecule has 0 unspecified atom stereocenters. The number of carbonyl (C=O) groups excluding carboxylic acids is 1. The summed E-state index contributed by atoms with van der Waals surface area (Å²) in [7, 11) is 1.60. The first-order chi connectivity index (χ1) is 11.7. The Morgan fingerprint density at radius 3 is 2.88 bits per heavy atom. The minimum Gasteiger partial charge on any atom is -0.481 e. The number of hydrogen-bond donors (Lipinski definition) is 0. The number of hydrogen-bond acceptors (Lipinski definition) is 6. The first kappa shape index (κ1) is 17.0. The molecule has 7 nitrogen and oxygen atoms in total. The molecule has 2 aliphatic heterocycles. The summed E-state index contributed by atoms with van der Waals surface area (Å²) in [5.74, 6) is 1.48. The lowest BCUT2D eigenvalue weighted by Gasteiger charge is -2.39. The third-order valence-electron chi connectivity index (χ3n) is 4.86. The minimum atomic E-state index is 0.0170. The first-order valence-electron chi connectivity index (χ1n) is 8.75. The Morgan fingerprint density at radius 2 is 2.17 bits per heavy atom. The average Bonchev–Trinajstić information content (AvgIpc) is 2.67. The normalized spacial score (nSPS) is 24.8. The fourth-order valence-electron chi connectivity index (χ4n) is 3.48. The number of ether oxygens (including phenoxy) is 2. The van der Waals surface area contributed by atoms with Crippen molar-refractivity contribution < 1.29 is 14.3 Å². The smallest absolute Gasteiger partial charge is 0.228 e. The molecule has 2 atom stereocenters. The second-order valence-electron chi connectivity index (χ2n) is 6.28. The highest BCUT2D eigenvalue weighted by Gasteiger charge is 2.35. The van der Waals surface area contributed by atoms with Gasteiger partial charge in [0.2, 0.25) is 17.7 Å². The van der Waals surface area contributed by atoms with Gasteiger partial charge in [-0.3, -0.25) is 4.79 Å². The van der Waals surface area contributed by atoms with Gasteiger partial charge in [-0.05, 0) is 19.3 Å². The molecule has 0 spiro atoms. The van der Waals surface area contributed by atoms with Crippen LogP contribution in [0.25, 0.3) is 0 Å². The van der Waals surface area contributed by atoms with Crippen molar-refractivity contribution in [3.05, 3.63) is 12.3 Å². The predicted molar refractivity (Wildman–Crippen MR) is 90.1 cm³/mol. The van der Waals surface area contributed by atoms with Crippen LogP contribution < -0.4 is 9.64 Å². The highest BCUT2D eigenvalue weighted by molar-refractivity contribution is 5.79. The molecule has 0 radical (unpaired) electrons. The number of aromatic nitrogens is 2. The fourth-order valence-corrected chi connectivity index (χ4v) is 3.48. The van der Waals surface area contributed by atoms with E-state index in [9.17, 15) is 4.79 Å². The van der Waals surface area contributed by atoms with Crippen molar-refractivity contribution in [2.75, 3.05) is 44.8 Å². The standard InChI is InChI=1S/C17H26N4O3/c1-3-14-13(5-4-12-24-14)16(22)20-8-10-21(11-9-20)17-18-7-6-15(19-17)23-2/h6-7,13-14H,3-5,8-12H2,1-2H3/t13-,14-/m1/s1. The first-order valence-corrected chi connectivity index (χ1v) is 8.75. The average molecular weight is 334 g/mol. The van der Waals surface area contributed by atoms with E-state index >= 15 is 0 Å². The van der Waals surface area contributed by atoms with Crippen molar-refractivity contribution in [1.29, 1.82) is 0 Å². The molecule has 1 aromatic heterocycles. The van der Waals surface area contributed by atoms with Gasteiger partial charge in [0.1, 0.15) is 0 Å². The van der Waals surface area contributed by atoms with Crippen LogP contribution in [0.1, 0.15) is 26.2 Å². The highest BCUT2D eigenvalue weighted by atomic mass is 16.5. The molecule has 3 heterocycles. The zero-order valence-electron chi connectivity index (χ0n) is 14.5. The fraction of sp³-hybridized carbons (Fsp3) is 0.706. The van der Waals surface area contributed by atoms with E-state index in [4.69, 9.17) is 9.47 Å². The van der Waals surface area contributed by atoms with Gasteiger partial charge in [0, 0.05) is 45.0 Å². The third kappa shape index (κ3) is 3.61. The molecule has 2 aliphatic rings. The second-order valence-corrected chi connectivity index (χ2v) is 6.28. The summed E-state index contributed by atoms with van der Waals surface area (Å²) in [6, 6.07) is 1.73. The van der Waals surface area contributed by atoms with Crippen molar-refractivity contribution in [3.8, 4) is 5.88 Å². The Labute approximate surface area is 143 Å². The van der Waals surface area contributed by atoms with Crippen molar-refractivity contribution in [3.63, 3.8) is 0 Å². The molecule has 132 valence electrons. The van der Waals surface area contributed by atoms with Crippen LogP contribution in [0.4, 0.5) is 5.95 Å². The molecule has 0 aliphatic carbocycles. The van der Waals surface area contributed by atoms with Gasteiger partial charge in [0.15, 0.2) is 0 Å². The molecule has 2 saturated heterocycles. The maximum absolute atomic E-state index is 12.8. The van der Waals surface area contributed by atoms with E-state index in [-0.39, 0.29) is 17.9 Å². The summed E-state index contributed by atoms with van der Waals surface area (Å²) >= 11 is 0. The molecule has 2 fully saturated rings. The van der Waals surface area contributed by atoms with Crippen LogP contribution >= 0.6 is 0 Å². The van der Waals surface area contributed by atoms with Gasteiger partial charge in [0.25, 0.3) is 0 Å². The molecule has 1 amide bonds. The van der Waals surface area contributed by atoms with E-state index in [0.29, 0.717) is 24.9 Å². The zero-order valence-corrected chi connectivity index (χ0v) is 14.5. The Bertz CT molecular complexity index is 561. The number of nitrogens with zero attached hydrogens (tertiary/aromatic N) is 4. The van der Waals surface area contributed by atoms with Crippen molar-refractivity contribution in [2.45, 2.75) is 32.3 Å². The quantitative estimate of drug-likeness (QED) is 0.828. The Kier molecular flexibility index (Phi) is 5.50. The second kappa shape index (κ2) is 7.79. The molecule has 1 aromatic rings. The summed E-state index contributed by atoms with van der Waals surface area (Å²) in [6.45, 7) is 5.75. The van der Waals surface area contributed by atoms with Crippen LogP contribution in [-0.4, -0.2) is 66.8 Å². The van der Waals surface area contributed by atoms with E-state index in [0.717, 1.165) is 39.0 Å². The van der Waals surface area contributed by atoms with Crippen LogP contribution in [0.5, 0.6) is 5.88 Å².